The van der Waals surface area contributed by atoms with E-state index < -0.39 is 0 Å². The van der Waals surface area contributed by atoms with E-state index in [0.717, 1.165) is 34.3 Å². The van der Waals surface area contributed by atoms with Gasteiger partial charge in [0.15, 0.2) is 0 Å². The van der Waals surface area contributed by atoms with Crippen LogP contribution in [-0.4, -0.2) is 11.5 Å². The number of aromatic nitrogens is 1. The molecule has 1 N–H and O–H groups in total. The average Bonchev–Trinajstić information content (AvgIpc) is 3.13. The second-order valence-electron chi connectivity index (χ2n) is 6.67. The van der Waals surface area contributed by atoms with Crippen molar-refractivity contribution in [3.63, 3.8) is 0 Å². The highest BCUT2D eigenvalue weighted by molar-refractivity contribution is 9.10. The maximum atomic E-state index is 4.56. The number of halogens is 1. The zero-order chi connectivity index (χ0) is 14.2. The van der Waals surface area contributed by atoms with E-state index in [4.69, 9.17) is 0 Å². The van der Waals surface area contributed by atoms with Crippen LogP contribution in [0.3, 0.4) is 0 Å². The first-order valence-corrected chi connectivity index (χ1v) is 8.83. The van der Waals surface area contributed by atoms with Gasteiger partial charge in [0, 0.05) is 22.6 Å². The van der Waals surface area contributed by atoms with Gasteiger partial charge in [-0.15, -0.1) is 0 Å². The van der Waals surface area contributed by atoms with Gasteiger partial charge in [-0.2, -0.15) is 0 Å². The number of pyridine rings is 1. The Morgan fingerprint density at radius 3 is 2.95 bits per heavy atom. The van der Waals surface area contributed by atoms with E-state index in [0.29, 0.717) is 0 Å². The second kappa shape index (κ2) is 5.69. The van der Waals surface area contributed by atoms with Gasteiger partial charge in [0.05, 0.1) is 5.52 Å². The molecular weight excluding hydrogens is 324 g/mol. The summed E-state index contributed by atoms with van der Waals surface area (Å²) in [7, 11) is 0. The molecule has 3 heteroatoms. The van der Waals surface area contributed by atoms with Gasteiger partial charge in [-0.05, 0) is 61.3 Å². The van der Waals surface area contributed by atoms with Crippen LogP contribution in [0.2, 0.25) is 0 Å². The molecule has 110 valence electrons. The zero-order valence-electron chi connectivity index (χ0n) is 12.2. The van der Waals surface area contributed by atoms with Crippen molar-refractivity contribution in [2.24, 2.45) is 17.8 Å². The van der Waals surface area contributed by atoms with Crippen LogP contribution in [0.15, 0.2) is 34.9 Å². The van der Waals surface area contributed by atoms with Crippen LogP contribution in [-0.2, 0) is 6.54 Å². The standard InChI is InChI=1S/C18H21BrN2/c19-17-6-5-14(18-16(17)2-1-7-21-18)10-20-11-15-9-12-3-4-13(15)8-12/h1-2,5-7,12-13,15,20H,3-4,8-11H2. The smallest absolute Gasteiger partial charge is 0.0758 e. The summed E-state index contributed by atoms with van der Waals surface area (Å²) >= 11 is 3.61. The lowest BCUT2D eigenvalue weighted by Gasteiger charge is -2.22. The van der Waals surface area contributed by atoms with Crippen molar-refractivity contribution in [2.45, 2.75) is 32.2 Å². The van der Waals surface area contributed by atoms with Crippen LogP contribution in [0.1, 0.15) is 31.2 Å². The Morgan fingerprint density at radius 1 is 1.19 bits per heavy atom. The Labute approximate surface area is 134 Å². The molecule has 3 unspecified atom stereocenters. The number of fused-ring (bicyclic) bond motifs is 3. The first kappa shape index (κ1) is 13.7. The molecule has 0 amide bonds. The fourth-order valence-electron chi connectivity index (χ4n) is 4.36. The second-order valence-corrected chi connectivity index (χ2v) is 7.53. The quantitative estimate of drug-likeness (QED) is 0.881. The number of nitrogens with zero attached hydrogens (tertiary/aromatic N) is 1. The molecule has 0 saturated heterocycles. The summed E-state index contributed by atoms with van der Waals surface area (Å²) < 4.78 is 1.13. The predicted octanol–water partition coefficient (Wildman–Crippen LogP) is 4.52. The third-order valence-electron chi connectivity index (χ3n) is 5.41. The lowest BCUT2D eigenvalue weighted by Crippen LogP contribution is -2.26. The molecular formula is C18H21BrN2. The summed E-state index contributed by atoms with van der Waals surface area (Å²) in [5.74, 6) is 2.96. The minimum absolute atomic E-state index is 0.915. The van der Waals surface area contributed by atoms with E-state index in [9.17, 15) is 0 Å². The van der Waals surface area contributed by atoms with Crippen LogP contribution < -0.4 is 5.32 Å². The van der Waals surface area contributed by atoms with E-state index in [1.807, 2.05) is 12.3 Å². The van der Waals surface area contributed by atoms with E-state index in [2.05, 4.69) is 44.4 Å². The first-order chi connectivity index (χ1) is 10.3. The molecule has 2 saturated carbocycles. The van der Waals surface area contributed by atoms with Crippen LogP contribution >= 0.6 is 15.9 Å². The molecule has 2 aliphatic carbocycles. The third kappa shape index (κ3) is 2.62. The summed E-state index contributed by atoms with van der Waals surface area (Å²) in [6.07, 6.45) is 7.79. The van der Waals surface area contributed by atoms with Crippen molar-refractivity contribution in [3.05, 3.63) is 40.5 Å². The number of rotatable bonds is 4. The van der Waals surface area contributed by atoms with E-state index in [1.165, 1.54) is 43.2 Å². The number of hydrogen-bond donors (Lipinski definition) is 1. The van der Waals surface area contributed by atoms with Gasteiger partial charge in [0.25, 0.3) is 0 Å². The van der Waals surface area contributed by atoms with Gasteiger partial charge < -0.3 is 5.32 Å². The molecule has 1 heterocycles. The first-order valence-electron chi connectivity index (χ1n) is 8.04. The van der Waals surface area contributed by atoms with Gasteiger partial charge in [0.2, 0.25) is 0 Å². The van der Waals surface area contributed by atoms with Crippen LogP contribution in [0.4, 0.5) is 0 Å². The summed E-state index contributed by atoms with van der Waals surface area (Å²) in [4.78, 5) is 4.56. The Morgan fingerprint density at radius 2 is 2.14 bits per heavy atom. The fourth-order valence-corrected chi connectivity index (χ4v) is 4.81. The monoisotopic (exact) mass is 344 g/mol. The van der Waals surface area contributed by atoms with Crippen molar-refractivity contribution in [1.82, 2.24) is 10.3 Å². The van der Waals surface area contributed by atoms with Gasteiger partial charge in [-0.3, -0.25) is 4.98 Å². The molecule has 1 aromatic heterocycles. The molecule has 2 fully saturated rings. The topological polar surface area (TPSA) is 24.9 Å². The van der Waals surface area contributed by atoms with Crippen molar-refractivity contribution in [3.8, 4) is 0 Å². The largest absolute Gasteiger partial charge is 0.312 e. The summed E-state index contributed by atoms with van der Waals surface area (Å²) in [5, 5.41) is 4.89. The van der Waals surface area contributed by atoms with Crippen molar-refractivity contribution >= 4 is 26.8 Å². The lowest BCUT2D eigenvalue weighted by atomic mass is 9.89. The van der Waals surface area contributed by atoms with Crippen molar-refractivity contribution in [2.75, 3.05) is 6.54 Å². The van der Waals surface area contributed by atoms with Crippen molar-refractivity contribution < 1.29 is 0 Å². The fraction of sp³-hybridized carbons (Fsp3) is 0.500. The minimum Gasteiger partial charge on any atom is -0.312 e. The normalized spacial score (nSPS) is 27.6. The highest BCUT2D eigenvalue weighted by Crippen LogP contribution is 2.47. The lowest BCUT2D eigenvalue weighted by molar-refractivity contribution is 0.318. The Hall–Kier alpha value is -0.930. The van der Waals surface area contributed by atoms with Crippen LogP contribution in [0.25, 0.3) is 10.9 Å². The van der Waals surface area contributed by atoms with E-state index >= 15 is 0 Å². The average molecular weight is 345 g/mol. The number of hydrogen-bond acceptors (Lipinski definition) is 2. The molecule has 3 atom stereocenters. The van der Waals surface area contributed by atoms with Gasteiger partial charge >= 0.3 is 0 Å². The Balaban J connectivity index is 1.44. The molecule has 2 aromatic rings. The SMILES string of the molecule is Brc1ccc(CNCC2CC3CCC2C3)c2ncccc12. The molecule has 0 aliphatic heterocycles. The maximum absolute atomic E-state index is 4.56. The molecule has 2 bridgehead atoms. The summed E-state index contributed by atoms with van der Waals surface area (Å²) in [6.45, 7) is 2.10. The summed E-state index contributed by atoms with van der Waals surface area (Å²) in [5.41, 5.74) is 2.42. The van der Waals surface area contributed by atoms with E-state index in [-0.39, 0.29) is 0 Å². The third-order valence-corrected chi connectivity index (χ3v) is 6.10. The molecule has 1 aromatic carbocycles. The minimum atomic E-state index is 0.915. The Bertz CT molecular complexity index is 655. The maximum Gasteiger partial charge on any atom is 0.0758 e. The van der Waals surface area contributed by atoms with Crippen LogP contribution in [0.5, 0.6) is 0 Å². The number of nitrogens with one attached hydrogen (secondary N) is 1. The Kier molecular flexibility index (Phi) is 3.72. The predicted molar refractivity (Wildman–Crippen MR) is 90.1 cm³/mol. The van der Waals surface area contributed by atoms with Gasteiger partial charge in [-0.25, -0.2) is 0 Å². The van der Waals surface area contributed by atoms with Gasteiger partial charge in [0.1, 0.15) is 0 Å². The molecule has 0 radical (unpaired) electrons. The molecule has 4 rings (SSSR count). The van der Waals surface area contributed by atoms with E-state index in [1.54, 1.807) is 0 Å². The molecule has 0 spiro atoms. The molecule has 2 aliphatic rings. The highest BCUT2D eigenvalue weighted by atomic mass is 79.9. The molecule has 21 heavy (non-hydrogen) atoms. The van der Waals surface area contributed by atoms with Crippen molar-refractivity contribution in [1.29, 1.82) is 0 Å². The highest BCUT2D eigenvalue weighted by Gasteiger charge is 2.38. The van der Waals surface area contributed by atoms with Gasteiger partial charge in [-0.1, -0.05) is 34.5 Å². The number of benzene rings is 1. The summed E-state index contributed by atoms with van der Waals surface area (Å²) in [6, 6.07) is 8.46. The zero-order valence-corrected chi connectivity index (χ0v) is 13.8. The van der Waals surface area contributed by atoms with Crippen LogP contribution in [0, 0.1) is 17.8 Å². The molecule has 2 nitrogen and oxygen atoms in total.